The van der Waals surface area contributed by atoms with Crippen molar-refractivity contribution in [3.8, 4) is 44.6 Å². The number of aliphatic imine (C=N–C) groups is 1. The Kier molecular flexibility index (Phi) is 8.31. The van der Waals surface area contributed by atoms with E-state index in [-0.39, 0.29) is 0 Å². The van der Waals surface area contributed by atoms with Gasteiger partial charge in [-0.1, -0.05) is 98.8 Å². The fourth-order valence-electron chi connectivity index (χ4n) is 6.28. The van der Waals surface area contributed by atoms with Crippen molar-refractivity contribution in [1.29, 1.82) is 0 Å². The molecule has 0 radical (unpaired) electrons. The maximum absolute atomic E-state index is 4.99. The summed E-state index contributed by atoms with van der Waals surface area (Å²) in [6, 6.07) is 32.2. The van der Waals surface area contributed by atoms with Crippen molar-refractivity contribution < 1.29 is 0 Å². The normalized spacial score (nSPS) is 13.0. The molecule has 0 aliphatic rings. The van der Waals surface area contributed by atoms with E-state index in [0.29, 0.717) is 11.8 Å². The molecule has 0 aliphatic carbocycles. The molecule has 4 aromatic carbocycles. The van der Waals surface area contributed by atoms with Crippen LogP contribution in [0.15, 0.2) is 102 Å². The lowest BCUT2D eigenvalue weighted by atomic mass is 9.77. The summed E-state index contributed by atoms with van der Waals surface area (Å²) in [7, 11) is 1.87. The molecule has 41 heavy (non-hydrogen) atoms. The van der Waals surface area contributed by atoms with Gasteiger partial charge in [0, 0.05) is 30.6 Å². The summed E-state index contributed by atoms with van der Waals surface area (Å²) >= 11 is 0. The summed E-state index contributed by atoms with van der Waals surface area (Å²) in [6.45, 7) is 13.8. The molecule has 0 saturated heterocycles. The van der Waals surface area contributed by atoms with E-state index in [2.05, 4.69) is 144 Å². The first-order chi connectivity index (χ1) is 19.8. The highest BCUT2D eigenvalue weighted by Crippen LogP contribution is 2.44. The molecule has 0 aliphatic heterocycles. The van der Waals surface area contributed by atoms with E-state index in [1.54, 1.807) is 0 Å². The van der Waals surface area contributed by atoms with Gasteiger partial charge in [0.2, 0.25) is 0 Å². The van der Waals surface area contributed by atoms with Gasteiger partial charge in [-0.2, -0.15) is 0 Å². The number of rotatable bonds is 7. The minimum Gasteiger partial charge on any atom is -0.301 e. The molecule has 0 amide bonds. The first-order valence-corrected chi connectivity index (χ1v) is 14.6. The van der Waals surface area contributed by atoms with E-state index >= 15 is 0 Å². The summed E-state index contributed by atoms with van der Waals surface area (Å²) in [6.07, 6.45) is 4.14. The number of pyridine rings is 1. The van der Waals surface area contributed by atoms with E-state index in [9.17, 15) is 0 Å². The Bertz CT molecular complexity index is 1670. The Morgan fingerprint density at radius 1 is 0.610 bits per heavy atom. The zero-order valence-electron chi connectivity index (χ0n) is 25.4. The van der Waals surface area contributed by atoms with Gasteiger partial charge in [-0.3, -0.25) is 4.98 Å². The van der Waals surface area contributed by atoms with Crippen LogP contribution in [-0.4, -0.2) is 18.2 Å². The van der Waals surface area contributed by atoms with Crippen LogP contribution in [-0.2, 0) is 0 Å². The summed E-state index contributed by atoms with van der Waals surface area (Å²) in [4.78, 5) is 9.31. The van der Waals surface area contributed by atoms with E-state index in [0.717, 1.165) is 16.8 Å². The van der Waals surface area contributed by atoms with Crippen LogP contribution in [0.5, 0.6) is 0 Å². The Morgan fingerprint density at radius 3 is 1.73 bits per heavy atom. The Morgan fingerprint density at radius 2 is 1.15 bits per heavy atom. The second-order valence-corrected chi connectivity index (χ2v) is 11.2. The van der Waals surface area contributed by atoms with Crippen LogP contribution in [0.1, 0.15) is 47.6 Å². The van der Waals surface area contributed by atoms with Crippen molar-refractivity contribution in [2.75, 3.05) is 7.05 Å². The molecule has 0 bridgehead atoms. The maximum atomic E-state index is 4.99. The number of aromatic nitrogens is 1. The first-order valence-electron chi connectivity index (χ1n) is 14.6. The molecule has 0 fully saturated rings. The van der Waals surface area contributed by atoms with Crippen molar-refractivity contribution in [3.05, 3.63) is 125 Å². The smallest absolute Gasteiger partial charge is 0.0708 e. The quantitative estimate of drug-likeness (QED) is 0.190. The molecular weight excluding hydrogens is 496 g/mol. The molecule has 1 aromatic heterocycles. The van der Waals surface area contributed by atoms with Gasteiger partial charge in [0.1, 0.15) is 0 Å². The Hall–Kier alpha value is -4.30. The molecule has 5 aromatic rings. The third-order valence-electron chi connectivity index (χ3n) is 8.86. The predicted molar refractivity (Wildman–Crippen MR) is 177 cm³/mol. The average molecular weight is 537 g/mol. The monoisotopic (exact) mass is 536 g/mol. The zero-order valence-corrected chi connectivity index (χ0v) is 25.4. The lowest BCUT2D eigenvalue weighted by Gasteiger charge is -2.27. The molecule has 0 spiro atoms. The summed E-state index contributed by atoms with van der Waals surface area (Å²) < 4.78 is 0. The van der Waals surface area contributed by atoms with Crippen LogP contribution in [0.4, 0.5) is 0 Å². The van der Waals surface area contributed by atoms with Crippen LogP contribution >= 0.6 is 0 Å². The van der Waals surface area contributed by atoms with Gasteiger partial charge in [-0.05, 0) is 101 Å². The molecule has 2 heteroatoms. The van der Waals surface area contributed by atoms with Gasteiger partial charge in [-0.15, -0.1) is 0 Å². The fourth-order valence-corrected chi connectivity index (χ4v) is 6.28. The minimum atomic E-state index is 0.372. The average Bonchev–Trinajstić information content (AvgIpc) is 3.01. The van der Waals surface area contributed by atoms with Crippen molar-refractivity contribution in [2.45, 2.75) is 47.5 Å². The topological polar surface area (TPSA) is 25.2 Å². The third kappa shape index (κ3) is 5.39. The van der Waals surface area contributed by atoms with Gasteiger partial charge in [0.05, 0.1) is 5.69 Å². The largest absolute Gasteiger partial charge is 0.301 e. The van der Waals surface area contributed by atoms with Crippen molar-refractivity contribution in [3.63, 3.8) is 0 Å². The first kappa shape index (κ1) is 28.2. The van der Waals surface area contributed by atoms with Crippen molar-refractivity contribution in [2.24, 2.45) is 10.9 Å². The van der Waals surface area contributed by atoms with E-state index < -0.39 is 0 Å². The number of nitrogens with zero attached hydrogens (tertiary/aromatic N) is 2. The third-order valence-corrected chi connectivity index (χ3v) is 8.86. The highest BCUT2D eigenvalue weighted by Gasteiger charge is 2.24. The minimum absolute atomic E-state index is 0.372. The van der Waals surface area contributed by atoms with Crippen LogP contribution in [0.3, 0.4) is 0 Å². The number of benzene rings is 4. The molecule has 0 N–H and O–H groups in total. The van der Waals surface area contributed by atoms with Gasteiger partial charge in [0.25, 0.3) is 0 Å². The molecule has 5 rings (SSSR count). The second kappa shape index (κ2) is 12.1. The molecular formula is C39H40N2. The van der Waals surface area contributed by atoms with Gasteiger partial charge in [-0.25, -0.2) is 0 Å². The predicted octanol–water partition coefficient (Wildman–Crippen LogP) is 10.4. The SMILES string of the molecule is C/N=C\C(C)[C@H](C)c1c(C)c(C)c(-c2ccccc2-c2cnc(-c3ccccc3)cc2-c2ccccc2)c(C)c1C. The second-order valence-electron chi connectivity index (χ2n) is 11.2. The molecule has 0 saturated carbocycles. The highest BCUT2D eigenvalue weighted by atomic mass is 14.7. The number of hydrogen-bond donors (Lipinski definition) is 0. The van der Waals surface area contributed by atoms with Crippen molar-refractivity contribution in [1.82, 2.24) is 4.98 Å². The van der Waals surface area contributed by atoms with Crippen LogP contribution < -0.4 is 0 Å². The van der Waals surface area contributed by atoms with Crippen molar-refractivity contribution >= 4 is 6.21 Å². The van der Waals surface area contributed by atoms with E-state index in [1.165, 1.54) is 55.6 Å². The molecule has 206 valence electrons. The highest BCUT2D eigenvalue weighted by molar-refractivity contribution is 5.94. The maximum Gasteiger partial charge on any atom is 0.0708 e. The van der Waals surface area contributed by atoms with Crippen LogP contribution in [0, 0.1) is 33.6 Å². The van der Waals surface area contributed by atoms with Crippen LogP contribution in [0.2, 0.25) is 0 Å². The molecule has 1 heterocycles. The molecule has 1 unspecified atom stereocenters. The van der Waals surface area contributed by atoms with E-state index in [4.69, 9.17) is 4.98 Å². The Labute approximate surface area is 245 Å². The lowest BCUT2D eigenvalue weighted by Crippen LogP contribution is -2.13. The number of hydrogen-bond acceptors (Lipinski definition) is 2. The van der Waals surface area contributed by atoms with Gasteiger partial charge >= 0.3 is 0 Å². The molecule has 2 atom stereocenters. The van der Waals surface area contributed by atoms with Gasteiger partial charge in [0.15, 0.2) is 0 Å². The zero-order chi connectivity index (χ0) is 29.1. The van der Waals surface area contributed by atoms with E-state index in [1.807, 2.05) is 13.1 Å². The van der Waals surface area contributed by atoms with Crippen LogP contribution in [0.25, 0.3) is 44.6 Å². The summed E-state index contributed by atoms with van der Waals surface area (Å²) in [5, 5.41) is 0. The molecule has 2 nitrogen and oxygen atoms in total. The lowest BCUT2D eigenvalue weighted by molar-refractivity contribution is 0.625. The Balaban J connectivity index is 1.74. The summed E-state index contributed by atoms with van der Waals surface area (Å²) in [5.74, 6) is 0.761. The van der Waals surface area contributed by atoms with Gasteiger partial charge < -0.3 is 4.99 Å². The standard InChI is InChI=1S/C39H40N2/c1-25(23-40-7)26(2)38-27(3)29(5)39(30(6)28(38)4)34-21-15-14-20-33(34)36-24-41-37(32-18-12-9-13-19-32)22-35(36)31-16-10-8-11-17-31/h8-26H,1-7H3/b40-23-/t25?,26-/m0/s1. The fraction of sp³-hybridized carbons (Fsp3) is 0.231. The summed E-state index contributed by atoms with van der Waals surface area (Å²) in [5.41, 5.74) is 16.3.